The number of carbonyl (C=O) groups is 3. The number of ether oxygens (including phenoxy) is 1. The van der Waals surface area contributed by atoms with Crippen molar-refractivity contribution in [2.24, 2.45) is 0 Å². The number of esters is 1. The molecule has 1 saturated heterocycles. The third-order valence-electron chi connectivity index (χ3n) is 4.96. The number of aryl methyl sites for hydroxylation is 1. The lowest BCUT2D eigenvalue weighted by Crippen LogP contribution is -2.27. The van der Waals surface area contributed by atoms with E-state index in [0.29, 0.717) is 27.6 Å². The minimum atomic E-state index is -0.467. The molecule has 156 valence electrons. The molecule has 0 unspecified atom stereocenters. The summed E-state index contributed by atoms with van der Waals surface area (Å²) in [6.07, 6.45) is 1.55. The highest BCUT2D eigenvalue weighted by Gasteiger charge is 2.35. The Labute approximate surface area is 183 Å². The molecule has 1 aromatic heterocycles. The number of hydrogen-bond donors (Lipinski definition) is 0. The fraction of sp³-hybridized carbons (Fsp3) is 0.125. The number of amides is 2. The van der Waals surface area contributed by atoms with Crippen LogP contribution >= 0.6 is 11.8 Å². The number of hydrogen-bond acceptors (Lipinski definition) is 6. The van der Waals surface area contributed by atoms with E-state index >= 15 is 0 Å². The molecule has 4 rings (SSSR count). The fourth-order valence-corrected chi connectivity index (χ4v) is 4.10. The molecule has 0 N–H and O–H groups in total. The normalized spacial score (nSPS) is 15.0. The van der Waals surface area contributed by atoms with Gasteiger partial charge in [0, 0.05) is 11.6 Å². The maximum absolute atomic E-state index is 12.8. The second kappa shape index (κ2) is 8.65. The van der Waals surface area contributed by atoms with Gasteiger partial charge in [-0.2, -0.15) is 0 Å². The lowest BCUT2D eigenvalue weighted by Gasteiger charge is -2.14. The van der Waals surface area contributed by atoms with E-state index in [1.807, 2.05) is 31.2 Å². The molecular formula is C24H19NO5S. The van der Waals surface area contributed by atoms with Gasteiger partial charge in [-0.05, 0) is 48.0 Å². The minimum Gasteiger partial charge on any atom is -0.465 e. The summed E-state index contributed by atoms with van der Waals surface area (Å²) < 4.78 is 10.7. The first-order valence-electron chi connectivity index (χ1n) is 9.55. The van der Waals surface area contributed by atoms with Gasteiger partial charge in [-0.25, -0.2) is 4.79 Å². The van der Waals surface area contributed by atoms with Gasteiger partial charge < -0.3 is 9.15 Å². The van der Waals surface area contributed by atoms with E-state index in [1.54, 1.807) is 42.5 Å². The van der Waals surface area contributed by atoms with Crippen molar-refractivity contribution >= 4 is 35.0 Å². The van der Waals surface area contributed by atoms with Gasteiger partial charge in [0.05, 0.1) is 24.1 Å². The van der Waals surface area contributed by atoms with Crippen LogP contribution in [0.5, 0.6) is 0 Å². The van der Waals surface area contributed by atoms with Gasteiger partial charge in [0.15, 0.2) is 0 Å². The predicted octanol–water partition coefficient (Wildman–Crippen LogP) is 5.28. The number of rotatable bonds is 5. The molecule has 0 radical (unpaired) electrons. The van der Waals surface area contributed by atoms with Crippen molar-refractivity contribution < 1.29 is 23.5 Å². The zero-order valence-electron chi connectivity index (χ0n) is 17.0. The van der Waals surface area contributed by atoms with Crippen LogP contribution in [0.2, 0.25) is 0 Å². The molecule has 0 atom stereocenters. The predicted molar refractivity (Wildman–Crippen MR) is 118 cm³/mol. The highest BCUT2D eigenvalue weighted by molar-refractivity contribution is 8.18. The molecule has 0 bridgehead atoms. The van der Waals surface area contributed by atoms with E-state index in [0.717, 1.165) is 22.9 Å². The standard InChI is InChI=1S/C24H19NO5S/c1-15-7-3-4-8-16(15)14-25-22(26)21(31-24(25)28)13-17-11-12-20(30-17)18-9-5-6-10-19(18)23(27)29-2/h3-13H,14H2,1-2H3/b21-13-. The van der Waals surface area contributed by atoms with Crippen LogP contribution in [0.1, 0.15) is 27.2 Å². The van der Waals surface area contributed by atoms with Gasteiger partial charge in [0.1, 0.15) is 11.5 Å². The average molecular weight is 433 g/mol. The van der Waals surface area contributed by atoms with Crippen LogP contribution in [-0.4, -0.2) is 29.1 Å². The Bertz CT molecular complexity index is 1210. The zero-order valence-corrected chi connectivity index (χ0v) is 17.8. The van der Waals surface area contributed by atoms with Gasteiger partial charge >= 0.3 is 5.97 Å². The molecule has 0 saturated carbocycles. The number of nitrogens with zero attached hydrogens (tertiary/aromatic N) is 1. The van der Waals surface area contributed by atoms with Crippen molar-refractivity contribution in [1.29, 1.82) is 0 Å². The molecule has 1 aliphatic heterocycles. The second-order valence-electron chi connectivity index (χ2n) is 6.93. The van der Waals surface area contributed by atoms with Gasteiger partial charge in [0.2, 0.25) is 0 Å². The first kappa shape index (κ1) is 20.7. The summed E-state index contributed by atoms with van der Waals surface area (Å²) in [5.41, 5.74) is 2.90. The number of thioether (sulfide) groups is 1. The summed E-state index contributed by atoms with van der Waals surface area (Å²) in [6.45, 7) is 2.17. The minimum absolute atomic E-state index is 0.227. The molecule has 0 spiro atoms. The van der Waals surface area contributed by atoms with Crippen LogP contribution in [0.25, 0.3) is 17.4 Å². The molecule has 7 heteroatoms. The molecular weight excluding hydrogens is 414 g/mol. The molecule has 3 aromatic rings. The third kappa shape index (κ3) is 4.18. The summed E-state index contributed by atoms with van der Waals surface area (Å²) in [6, 6.07) is 18.0. The Morgan fingerprint density at radius 2 is 1.81 bits per heavy atom. The Morgan fingerprint density at radius 1 is 1.06 bits per heavy atom. The average Bonchev–Trinajstić information content (AvgIpc) is 3.35. The number of benzene rings is 2. The monoisotopic (exact) mass is 433 g/mol. The van der Waals surface area contributed by atoms with Crippen LogP contribution in [0.15, 0.2) is 70.0 Å². The van der Waals surface area contributed by atoms with Crippen LogP contribution in [-0.2, 0) is 16.1 Å². The first-order valence-corrected chi connectivity index (χ1v) is 10.4. The van der Waals surface area contributed by atoms with Crippen molar-refractivity contribution in [3.05, 3.63) is 88.0 Å². The summed E-state index contributed by atoms with van der Waals surface area (Å²) in [4.78, 5) is 38.8. The number of imide groups is 1. The van der Waals surface area contributed by atoms with E-state index in [4.69, 9.17) is 9.15 Å². The lowest BCUT2D eigenvalue weighted by molar-refractivity contribution is -0.123. The molecule has 2 aromatic carbocycles. The molecule has 2 heterocycles. The summed E-state index contributed by atoms with van der Waals surface area (Å²) in [5.74, 6) is 0.0551. The SMILES string of the molecule is COC(=O)c1ccccc1-c1ccc(/C=C2\SC(=O)N(Cc3ccccc3C)C2=O)o1. The van der Waals surface area contributed by atoms with Crippen LogP contribution < -0.4 is 0 Å². The van der Waals surface area contributed by atoms with Crippen LogP contribution in [0.4, 0.5) is 4.79 Å². The van der Waals surface area contributed by atoms with Crippen molar-refractivity contribution in [3.63, 3.8) is 0 Å². The quantitative estimate of drug-likeness (QED) is 0.403. The maximum atomic E-state index is 12.8. The molecule has 0 aliphatic carbocycles. The fourth-order valence-electron chi connectivity index (χ4n) is 3.28. The number of carbonyl (C=O) groups excluding carboxylic acids is 3. The highest BCUT2D eigenvalue weighted by Crippen LogP contribution is 2.35. The summed E-state index contributed by atoms with van der Waals surface area (Å²) in [7, 11) is 1.32. The van der Waals surface area contributed by atoms with E-state index in [2.05, 4.69) is 0 Å². The Kier molecular flexibility index (Phi) is 5.77. The summed E-state index contributed by atoms with van der Waals surface area (Å²) in [5, 5.41) is -0.317. The summed E-state index contributed by atoms with van der Waals surface area (Å²) >= 11 is 0.883. The maximum Gasteiger partial charge on any atom is 0.338 e. The van der Waals surface area contributed by atoms with Crippen molar-refractivity contribution in [2.75, 3.05) is 7.11 Å². The lowest BCUT2D eigenvalue weighted by atomic mass is 10.1. The van der Waals surface area contributed by atoms with Crippen LogP contribution in [0, 0.1) is 6.92 Å². The van der Waals surface area contributed by atoms with Crippen molar-refractivity contribution in [2.45, 2.75) is 13.5 Å². The second-order valence-corrected chi connectivity index (χ2v) is 7.93. The van der Waals surface area contributed by atoms with Crippen molar-refractivity contribution in [1.82, 2.24) is 4.90 Å². The first-order chi connectivity index (χ1) is 15.0. The van der Waals surface area contributed by atoms with Gasteiger partial charge in [0.25, 0.3) is 11.1 Å². The Balaban J connectivity index is 1.58. The number of furan rings is 1. The smallest absolute Gasteiger partial charge is 0.338 e. The van der Waals surface area contributed by atoms with Gasteiger partial charge in [-0.15, -0.1) is 0 Å². The molecule has 31 heavy (non-hydrogen) atoms. The highest BCUT2D eigenvalue weighted by atomic mass is 32.2. The Morgan fingerprint density at radius 3 is 2.58 bits per heavy atom. The molecule has 6 nitrogen and oxygen atoms in total. The number of methoxy groups -OCH3 is 1. The van der Waals surface area contributed by atoms with Gasteiger partial charge in [-0.1, -0.05) is 42.5 Å². The van der Waals surface area contributed by atoms with Crippen molar-refractivity contribution in [3.8, 4) is 11.3 Å². The topological polar surface area (TPSA) is 76.8 Å². The van der Waals surface area contributed by atoms with E-state index in [9.17, 15) is 14.4 Å². The van der Waals surface area contributed by atoms with E-state index < -0.39 is 5.97 Å². The zero-order chi connectivity index (χ0) is 22.0. The molecule has 2 amide bonds. The van der Waals surface area contributed by atoms with E-state index in [1.165, 1.54) is 12.0 Å². The third-order valence-corrected chi connectivity index (χ3v) is 5.87. The molecule has 1 fully saturated rings. The van der Waals surface area contributed by atoms with Crippen LogP contribution in [0.3, 0.4) is 0 Å². The Hall–Kier alpha value is -3.58. The van der Waals surface area contributed by atoms with E-state index in [-0.39, 0.29) is 17.7 Å². The largest absolute Gasteiger partial charge is 0.465 e. The molecule has 1 aliphatic rings. The van der Waals surface area contributed by atoms with Gasteiger partial charge in [-0.3, -0.25) is 14.5 Å².